The zero-order valence-corrected chi connectivity index (χ0v) is 15.5. The molecule has 1 aliphatic heterocycles. The summed E-state index contributed by atoms with van der Waals surface area (Å²) >= 11 is 0. The van der Waals surface area contributed by atoms with E-state index in [1.807, 2.05) is 24.3 Å². The molecule has 0 saturated carbocycles. The summed E-state index contributed by atoms with van der Waals surface area (Å²) in [6, 6.07) is 9.59. The van der Waals surface area contributed by atoms with Gasteiger partial charge in [-0.1, -0.05) is 0 Å². The van der Waals surface area contributed by atoms with Crippen molar-refractivity contribution >= 4 is 17.4 Å². The van der Waals surface area contributed by atoms with Crippen LogP contribution in [0.3, 0.4) is 0 Å². The number of hydrogen-bond acceptors (Lipinski definition) is 5. The van der Waals surface area contributed by atoms with E-state index in [-0.39, 0.29) is 11.8 Å². The predicted molar refractivity (Wildman–Crippen MR) is 97.8 cm³/mol. The summed E-state index contributed by atoms with van der Waals surface area (Å²) in [6.45, 7) is 7.99. The largest absolute Gasteiger partial charge is 0.465 e. The highest BCUT2D eigenvalue weighted by atomic mass is 16.5. The SMILES string of the molecule is COC(=O)c1cc(C[NH+]2CCN(c3ccc(C(C)=O)cc3)CC2)oc1C. The molecule has 6 nitrogen and oxygen atoms in total. The molecule has 3 rings (SSSR count). The van der Waals surface area contributed by atoms with Gasteiger partial charge in [-0.15, -0.1) is 0 Å². The molecule has 1 aliphatic rings. The fourth-order valence-corrected chi connectivity index (χ4v) is 3.35. The molecule has 0 atom stereocenters. The van der Waals surface area contributed by atoms with Crippen molar-refractivity contribution in [2.75, 3.05) is 38.2 Å². The first-order valence-corrected chi connectivity index (χ1v) is 8.85. The molecule has 0 amide bonds. The average Bonchev–Trinajstić information content (AvgIpc) is 3.02. The third-order valence-corrected chi connectivity index (χ3v) is 4.91. The number of piperazine rings is 1. The Morgan fingerprint density at radius 1 is 1.19 bits per heavy atom. The second-order valence-electron chi connectivity index (χ2n) is 6.69. The van der Waals surface area contributed by atoms with Crippen molar-refractivity contribution in [2.24, 2.45) is 0 Å². The number of quaternary nitrogens is 1. The van der Waals surface area contributed by atoms with Crippen LogP contribution >= 0.6 is 0 Å². The Bertz CT molecular complexity index is 787. The minimum atomic E-state index is -0.355. The fraction of sp³-hybridized carbons (Fsp3) is 0.400. The number of hydrogen-bond donors (Lipinski definition) is 1. The monoisotopic (exact) mass is 357 g/mol. The number of ketones is 1. The van der Waals surface area contributed by atoms with Crippen molar-refractivity contribution in [3.8, 4) is 0 Å². The number of nitrogens with one attached hydrogen (secondary N) is 1. The minimum Gasteiger partial charge on any atom is -0.465 e. The Labute approximate surface area is 153 Å². The van der Waals surface area contributed by atoms with Gasteiger partial charge in [-0.05, 0) is 38.1 Å². The zero-order chi connectivity index (χ0) is 18.7. The maximum atomic E-state index is 11.7. The van der Waals surface area contributed by atoms with Gasteiger partial charge in [0.25, 0.3) is 0 Å². The van der Waals surface area contributed by atoms with Crippen molar-refractivity contribution in [2.45, 2.75) is 20.4 Å². The lowest BCUT2D eigenvalue weighted by Crippen LogP contribution is -3.13. The van der Waals surface area contributed by atoms with Gasteiger partial charge in [-0.3, -0.25) is 4.79 Å². The van der Waals surface area contributed by atoms with E-state index in [2.05, 4.69) is 4.90 Å². The molecule has 1 N–H and O–H groups in total. The van der Waals surface area contributed by atoms with Crippen LogP contribution in [0.4, 0.5) is 5.69 Å². The fourth-order valence-electron chi connectivity index (χ4n) is 3.35. The van der Waals surface area contributed by atoms with Crippen molar-refractivity contribution in [1.82, 2.24) is 0 Å². The number of methoxy groups -OCH3 is 1. The van der Waals surface area contributed by atoms with Crippen molar-refractivity contribution < 1.29 is 23.6 Å². The second kappa shape index (κ2) is 7.74. The van der Waals surface area contributed by atoms with Crippen LogP contribution in [0.15, 0.2) is 34.7 Å². The molecule has 6 heteroatoms. The summed E-state index contributed by atoms with van der Waals surface area (Å²) in [5.41, 5.74) is 2.40. The number of carbonyl (C=O) groups excluding carboxylic acids is 2. The number of ether oxygens (including phenoxy) is 1. The highest BCUT2D eigenvalue weighted by molar-refractivity contribution is 5.94. The predicted octanol–water partition coefficient (Wildman–Crippen LogP) is 1.48. The molecule has 2 aromatic rings. The van der Waals surface area contributed by atoms with Crippen LogP contribution in [0, 0.1) is 6.92 Å². The number of aryl methyl sites for hydroxylation is 1. The lowest BCUT2D eigenvalue weighted by Gasteiger charge is -2.33. The van der Waals surface area contributed by atoms with Crippen molar-refractivity contribution in [3.63, 3.8) is 0 Å². The molecule has 1 aromatic carbocycles. The highest BCUT2D eigenvalue weighted by Crippen LogP contribution is 2.17. The van der Waals surface area contributed by atoms with Crippen LogP contribution in [-0.2, 0) is 11.3 Å². The van der Waals surface area contributed by atoms with Crippen LogP contribution in [0.5, 0.6) is 0 Å². The van der Waals surface area contributed by atoms with Crippen LogP contribution in [0.1, 0.15) is 39.2 Å². The summed E-state index contributed by atoms with van der Waals surface area (Å²) in [5, 5.41) is 0. The highest BCUT2D eigenvalue weighted by Gasteiger charge is 2.23. The molecule has 1 fully saturated rings. The normalized spacial score (nSPS) is 15.1. The molecule has 0 aliphatic carbocycles. The Balaban J connectivity index is 1.57. The second-order valence-corrected chi connectivity index (χ2v) is 6.69. The smallest absolute Gasteiger partial charge is 0.341 e. The molecular weight excluding hydrogens is 332 g/mol. The van der Waals surface area contributed by atoms with E-state index in [1.54, 1.807) is 19.9 Å². The molecular formula is C20H25N2O4+. The summed E-state index contributed by atoms with van der Waals surface area (Å²) in [5.74, 6) is 1.16. The number of furan rings is 1. The quantitative estimate of drug-likeness (QED) is 0.649. The summed E-state index contributed by atoms with van der Waals surface area (Å²) in [4.78, 5) is 26.8. The van der Waals surface area contributed by atoms with E-state index in [0.29, 0.717) is 11.3 Å². The van der Waals surface area contributed by atoms with Gasteiger partial charge in [0.05, 0.1) is 33.3 Å². The van der Waals surface area contributed by atoms with Gasteiger partial charge in [-0.25, -0.2) is 4.79 Å². The molecule has 0 unspecified atom stereocenters. The number of esters is 1. The van der Waals surface area contributed by atoms with E-state index in [9.17, 15) is 9.59 Å². The Kier molecular flexibility index (Phi) is 5.42. The molecule has 0 radical (unpaired) electrons. The Morgan fingerprint density at radius 2 is 1.85 bits per heavy atom. The van der Waals surface area contributed by atoms with Gasteiger partial charge >= 0.3 is 5.97 Å². The standard InChI is InChI=1S/C20H24N2O4/c1-14(23)16-4-6-17(7-5-16)22-10-8-21(9-11-22)13-18-12-19(15(2)26-18)20(24)25-3/h4-7,12H,8-11,13H2,1-3H3/p+1. The number of anilines is 1. The van der Waals surface area contributed by atoms with Gasteiger partial charge in [-0.2, -0.15) is 0 Å². The maximum absolute atomic E-state index is 11.7. The van der Waals surface area contributed by atoms with E-state index in [1.165, 1.54) is 12.0 Å². The van der Waals surface area contributed by atoms with E-state index in [0.717, 1.165) is 49.7 Å². The molecule has 1 saturated heterocycles. The minimum absolute atomic E-state index is 0.0888. The average molecular weight is 357 g/mol. The number of carbonyl (C=O) groups is 2. The van der Waals surface area contributed by atoms with Crippen molar-refractivity contribution in [3.05, 3.63) is 53.0 Å². The first-order valence-electron chi connectivity index (χ1n) is 8.85. The molecule has 138 valence electrons. The lowest BCUT2D eigenvalue weighted by atomic mass is 10.1. The molecule has 0 bridgehead atoms. The van der Waals surface area contributed by atoms with Crippen LogP contribution in [0.25, 0.3) is 0 Å². The Morgan fingerprint density at radius 3 is 2.42 bits per heavy atom. The molecule has 26 heavy (non-hydrogen) atoms. The topological polar surface area (TPSA) is 64.2 Å². The van der Waals surface area contributed by atoms with E-state index < -0.39 is 0 Å². The molecule has 1 aromatic heterocycles. The van der Waals surface area contributed by atoms with Gasteiger partial charge in [0.2, 0.25) is 0 Å². The third-order valence-electron chi connectivity index (χ3n) is 4.91. The van der Waals surface area contributed by atoms with Crippen LogP contribution in [-0.4, -0.2) is 45.0 Å². The van der Waals surface area contributed by atoms with Gasteiger partial charge in [0.15, 0.2) is 11.5 Å². The lowest BCUT2D eigenvalue weighted by molar-refractivity contribution is -0.915. The van der Waals surface area contributed by atoms with E-state index >= 15 is 0 Å². The van der Waals surface area contributed by atoms with Crippen LogP contribution < -0.4 is 9.80 Å². The third kappa shape index (κ3) is 3.96. The van der Waals surface area contributed by atoms with Gasteiger partial charge in [0, 0.05) is 17.3 Å². The summed E-state index contributed by atoms with van der Waals surface area (Å²) in [6.07, 6.45) is 0. The first kappa shape index (κ1) is 18.2. The number of nitrogens with zero attached hydrogens (tertiary/aromatic N) is 1. The maximum Gasteiger partial charge on any atom is 0.341 e. The molecule has 2 heterocycles. The van der Waals surface area contributed by atoms with Crippen molar-refractivity contribution in [1.29, 1.82) is 0 Å². The Hall–Kier alpha value is -2.60. The van der Waals surface area contributed by atoms with Gasteiger partial charge < -0.3 is 19.0 Å². The zero-order valence-electron chi connectivity index (χ0n) is 15.5. The summed E-state index contributed by atoms with van der Waals surface area (Å²) < 4.78 is 10.5. The molecule has 0 spiro atoms. The number of benzene rings is 1. The van der Waals surface area contributed by atoms with Gasteiger partial charge in [0.1, 0.15) is 17.9 Å². The first-order chi connectivity index (χ1) is 12.5. The number of rotatable bonds is 5. The van der Waals surface area contributed by atoms with Crippen LogP contribution in [0.2, 0.25) is 0 Å². The van der Waals surface area contributed by atoms with E-state index in [4.69, 9.17) is 9.15 Å². The number of Topliss-reactive ketones (excluding diaryl/α,β-unsaturated/α-hetero) is 1. The summed E-state index contributed by atoms with van der Waals surface area (Å²) in [7, 11) is 1.38.